The zero-order chi connectivity index (χ0) is 13.9. The molecule has 4 heteroatoms. The van der Waals surface area contributed by atoms with Gasteiger partial charge in [-0.15, -0.1) is 0 Å². The van der Waals surface area contributed by atoms with Crippen molar-refractivity contribution in [2.45, 2.75) is 26.4 Å². The number of pyridine rings is 1. The number of hydrogen-bond donors (Lipinski definition) is 2. The fourth-order valence-electron chi connectivity index (χ4n) is 1.56. The van der Waals surface area contributed by atoms with Crippen LogP contribution in [0.1, 0.15) is 20.8 Å². The molecule has 4 nitrogen and oxygen atoms in total. The van der Waals surface area contributed by atoms with Crippen molar-refractivity contribution in [3.63, 3.8) is 0 Å². The Kier molecular flexibility index (Phi) is 3.60. The number of para-hydroxylation sites is 1. The second kappa shape index (κ2) is 5.18. The minimum atomic E-state index is -0.327. The van der Waals surface area contributed by atoms with E-state index in [9.17, 15) is 0 Å². The standard InChI is InChI=1S/C15H19N3O/c1-15(2,3)19-14-12(16)9-10-13(18-14)17-11-7-5-4-6-8-11/h4-10H,16H2,1-3H3,(H,17,18). The molecular weight excluding hydrogens is 238 g/mol. The van der Waals surface area contributed by atoms with Gasteiger partial charge in [-0.1, -0.05) is 18.2 Å². The Morgan fingerprint density at radius 1 is 1.05 bits per heavy atom. The Labute approximate surface area is 113 Å². The van der Waals surface area contributed by atoms with E-state index in [-0.39, 0.29) is 5.60 Å². The van der Waals surface area contributed by atoms with Crippen LogP contribution in [0.25, 0.3) is 0 Å². The predicted octanol–water partition coefficient (Wildman–Crippen LogP) is 3.58. The second-order valence-corrected chi connectivity index (χ2v) is 5.30. The monoisotopic (exact) mass is 257 g/mol. The average molecular weight is 257 g/mol. The summed E-state index contributed by atoms with van der Waals surface area (Å²) in [5.74, 6) is 1.16. The molecule has 0 unspecified atom stereocenters. The van der Waals surface area contributed by atoms with E-state index in [0.29, 0.717) is 17.4 Å². The second-order valence-electron chi connectivity index (χ2n) is 5.30. The number of nitrogens with two attached hydrogens (primary N) is 1. The molecule has 0 atom stereocenters. The first-order valence-electron chi connectivity index (χ1n) is 6.22. The van der Waals surface area contributed by atoms with Gasteiger partial charge < -0.3 is 15.8 Å². The largest absolute Gasteiger partial charge is 0.470 e. The summed E-state index contributed by atoms with van der Waals surface area (Å²) in [6.45, 7) is 5.89. The Balaban J connectivity index is 2.21. The summed E-state index contributed by atoms with van der Waals surface area (Å²) in [6, 6.07) is 13.5. The Hall–Kier alpha value is -2.23. The van der Waals surface area contributed by atoms with E-state index >= 15 is 0 Å². The van der Waals surface area contributed by atoms with Crippen LogP contribution in [0.2, 0.25) is 0 Å². The molecule has 0 fully saturated rings. The molecule has 0 radical (unpaired) electrons. The average Bonchev–Trinajstić information content (AvgIpc) is 2.33. The highest BCUT2D eigenvalue weighted by atomic mass is 16.5. The van der Waals surface area contributed by atoms with E-state index in [2.05, 4.69) is 10.3 Å². The summed E-state index contributed by atoms with van der Waals surface area (Å²) in [5.41, 5.74) is 7.06. The molecule has 1 aromatic heterocycles. The lowest BCUT2D eigenvalue weighted by molar-refractivity contribution is 0.125. The molecule has 2 aromatic rings. The van der Waals surface area contributed by atoms with Crippen molar-refractivity contribution in [2.24, 2.45) is 0 Å². The number of nitrogens with zero attached hydrogens (tertiary/aromatic N) is 1. The van der Waals surface area contributed by atoms with E-state index in [1.54, 1.807) is 6.07 Å². The smallest absolute Gasteiger partial charge is 0.239 e. The van der Waals surface area contributed by atoms with Gasteiger partial charge in [0.15, 0.2) is 0 Å². The van der Waals surface area contributed by atoms with Gasteiger partial charge >= 0.3 is 0 Å². The molecule has 19 heavy (non-hydrogen) atoms. The number of nitrogen functional groups attached to an aromatic ring is 1. The molecule has 0 saturated carbocycles. The molecule has 1 heterocycles. The van der Waals surface area contributed by atoms with Crippen LogP contribution < -0.4 is 15.8 Å². The van der Waals surface area contributed by atoms with E-state index in [1.165, 1.54) is 0 Å². The van der Waals surface area contributed by atoms with Crippen molar-refractivity contribution in [3.05, 3.63) is 42.5 Å². The van der Waals surface area contributed by atoms with E-state index in [1.807, 2.05) is 57.2 Å². The first-order chi connectivity index (χ1) is 8.94. The van der Waals surface area contributed by atoms with Crippen LogP contribution in [0.5, 0.6) is 5.88 Å². The van der Waals surface area contributed by atoms with Gasteiger partial charge in [-0.3, -0.25) is 0 Å². The lowest BCUT2D eigenvalue weighted by atomic mass is 10.2. The van der Waals surface area contributed by atoms with Gasteiger partial charge in [-0.25, -0.2) is 0 Å². The molecule has 0 bridgehead atoms. The predicted molar refractivity (Wildman–Crippen MR) is 78.8 cm³/mol. The minimum Gasteiger partial charge on any atom is -0.470 e. The van der Waals surface area contributed by atoms with Crippen LogP contribution in [-0.2, 0) is 0 Å². The third kappa shape index (κ3) is 3.88. The van der Waals surface area contributed by atoms with Gasteiger partial charge in [0.2, 0.25) is 5.88 Å². The Bertz CT molecular complexity index is 547. The maximum atomic E-state index is 5.87. The van der Waals surface area contributed by atoms with E-state index in [4.69, 9.17) is 10.5 Å². The van der Waals surface area contributed by atoms with Crippen LogP contribution in [0, 0.1) is 0 Å². The summed E-state index contributed by atoms with van der Waals surface area (Å²) < 4.78 is 5.73. The molecule has 0 amide bonds. The highest BCUT2D eigenvalue weighted by molar-refractivity contribution is 5.60. The minimum absolute atomic E-state index is 0.327. The van der Waals surface area contributed by atoms with Crippen molar-refractivity contribution < 1.29 is 4.74 Å². The molecule has 0 aliphatic carbocycles. The highest BCUT2D eigenvalue weighted by Gasteiger charge is 2.15. The molecule has 2 rings (SSSR count). The van der Waals surface area contributed by atoms with Gasteiger partial charge in [-0.05, 0) is 45.0 Å². The summed E-state index contributed by atoms with van der Waals surface area (Å²) in [5, 5.41) is 3.21. The van der Waals surface area contributed by atoms with Crippen molar-refractivity contribution in [3.8, 4) is 5.88 Å². The lowest BCUT2D eigenvalue weighted by Crippen LogP contribution is -2.24. The molecule has 0 aliphatic heterocycles. The number of benzene rings is 1. The quantitative estimate of drug-likeness (QED) is 0.882. The zero-order valence-electron chi connectivity index (χ0n) is 11.5. The summed E-state index contributed by atoms with van der Waals surface area (Å²) >= 11 is 0. The fourth-order valence-corrected chi connectivity index (χ4v) is 1.56. The topological polar surface area (TPSA) is 60.2 Å². The fraction of sp³-hybridized carbons (Fsp3) is 0.267. The van der Waals surface area contributed by atoms with Gasteiger partial charge in [0, 0.05) is 5.69 Å². The van der Waals surface area contributed by atoms with Crippen LogP contribution in [0.15, 0.2) is 42.5 Å². The number of aromatic nitrogens is 1. The maximum absolute atomic E-state index is 5.87. The maximum Gasteiger partial charge on any atom is 0.239 e. The number of hydrogen-bond acceptors (Lipinski definition) is 4. The highest BCUT2D eigenvalue weighted by Crippen LogP contribution is 2.26. The van der Waals surface area contributed by atoms with E-state index in [0.717, 1.165) is 5.69 Å². The van der Waals surface area contributed by atoms with Crippen molar-refractivity contribution in [2.75, 3.05) is 11.1 Å². The summed E-state index contributed by atoms with van der Waals surface area (Å²) in [7, 11) is 0. The SMILES string of the molecule is CC(C)(C)Oc1nc(Nc2ccccc2)ccc1N. The van der Waals surface area contributed by atoms with Gasteiger partial charge in [0.1, 0.15) is 11.4 Å². The normalized spacial score (nSPS) is 11.1. The lowest BCUT2D eigenvalue weighted by Gasteiger charge is -2.21. The number of ether oxygens (including phenoxy) is 1. The Morgan fingerprint density at radius 3 is 2.37 bits per heavy atom. The third-order valence-corrected chi connectivity index (χ3v) is 2.34. The van der Waals surface area contributed by atoms with Crippen LogP contribution in [0.4, 0.5) is 17.2 Å². The third-order valence-electron chi connectivity index (χ3n) is 2.34. The van der Waals surface area contributed by atoms with Crippen molar-refractivity contribution in [1.29, 1.82) is 0 Å². The number of rotatable bonds is 3. The molecule has 0 aliphatic rings. The molecule has 0 saturated heterocycles. The Morgan fingerprint density at radius 2 is 1.74 bits per heavy atom. The zero-order valence-corrected chi connectivity index (χ0v) is 11.5. The van der Waals surface area contributed by atoms with Crippen LogP contribution in [0.3, 0.4) is 0 Å². The summed E-state index contributed by atoms with van der Waals surface area (Å²) in [4.78, 5) is 4.39. The first kappa shape index (κ1) is 13.2. The number of anilines is 3. The van der Waals surface area contributed by atoms with E-state index < -0.39 is 0 Å². The van der Waals surface area contributed by atoms with Gasteiger partial charge in [0.25, 0.3) is 0 Å². The molecule has 3 N–H and O–H groups in total. The van der Waals surface area contributed by atoms with Gasteiger partial charge in [0.05, 0.1) is 5.69 Å². The molecule has 0 spiro atoms. The van der Waals surface area contributed by atoms with Crippen LogP contribution in [-0.4, -0.2) is 10.6 Å². The van der Waals surface area contributed by atoms with Crippen LogP contribution >= 0.6 is 0 Å². The van der Waals surface area contributed by atoms with Gasteiger partial charge in [-0.2, -0.15) is 4.98 Å². The van der Waals surface area contributed by atoms with Crippen molar-refractivity contribution in [1.82, 2.24) is 4.98 Å². The number of nitrogens with one attached hydrogen (secondary N) is 1. The molecule has 1 aromatic carbocycles. The summed E-state index contributed by atoms with van der Waals surface area (Å²) in [6.07, 6.45) is 0. The molecular formula is C15H19N3O. The van der Waals surface area contributed by atoms with Crippen molar-refractivity contribution >= 4 is 17.2 Å². The molecule has 100 valence electrons. The first-order valence-corrected chi connectivity index (χ1v) is 6.22.